The van der Waals surface area contributed by atoms with Crippen LogP contribution in [0.25, 0.3) is 0 Å². The van der Waals surface area contributed by atoms with Crippen LogP contribution in [0.3, 0.4) is 0 Å². The summed E-state index contributed by atoms with van der Waals surface area (Å²) < 4.78 is 4.58. The quantitative estimate of drug-likeness (QED) is 0.419. The van der Waals surface area contributed by atoms with Gasteiger partial charge in [-0.1, -0.05) is 0 Å². The van der Waals surface area contributed by atoms with Crippen molar-refractivity contribution in [2.24, 2.45) is 0 Å². The fourth-order valence-corrected chi connectivity index (χ4v) is 0.729. The van der Waals surface area contributed by atoms with Gasteiger partial charge in [0.15, 0.2) is 0 Å². The minimum Gasteiger partial charge on any atom is -0.473 e. The standard InChI is InChI=1S/C7H6N2O5/c10-7(11)6(9(12)13)14-5-2-1-3-8-4-5/h1-4,6H,(H,10,11). The molecule has 1 atom stereocenters. The number of nitrogens with zero attached hydrogens (tertiary/aromatic N) is 2. The summed E-state index contributed by atoms with van der Waals surface area (Å²) in [4.78, 5) is 23.2. The number of carboxylic acid groups (broad SMARTS) is 1. The van der Waals surface area contributed by atoms with Gasteiger partial charge in [0, 0.05) is 6.20 Å². The van der Waals surface area contributed by atoms with Crippen LogP contribution >= 0.6 is 0 Å². The highest BCUT2D eigenvalue weighted by atomic mass is 16.7. The van der Waals surface area contributed by atoms with Gasteiger partial charge in [-0.2, -0.15) is 0 Å². The first-order valence-electron chi connectivity index (χ1n) is 3.54. The van der Waals surface area contributed by atoms with E-state index in [1.165, 1.54) is 24.5 Å². The molecule has 0 amide bonds. The predicted octanol–water partition coefficient (Wildman–Crippen LogP) is 0.148. The Kier molecular flexibility index (Phi) is 2.95. The summed E-state index contributed by atoms with van der Waals surface area (Å²) in [6.45, 7) is 0. The van der Waals surface area contributed by atoms with Crippen LogP contribution in [0.1, 0.15) is 0 Å². The molecule has 0 radical (unpaired) electrons. The molecule has 14 heavy (non-hydrogen) atoms. The second-order valence-corrected chi connectivity index (χ2v) is 2.28. The molecule has 0 saturated carbocycles. The van der Waals surface area contributed by atoms with Crippen molar-refractivity contribution in [3.63, 3.8) is 0 Å². The minimum absolute atomic E-state index is 0.0385. The number of aliphatic carboxylic acids is 1. The van der Waals surface area contributed by atoms with E-state index in [2.05, 4.69) is 9.72 Å². The van der Waals surface area contributed by atoms with Crippen LogP contribution in [0, 0.1) is 10.1 Å². The first-order chi connectivity index (χ1) is 6.61. The van der Waals surface area contributed by atoms with Gasteiger partial charge in [-0.3, -0.25) is 15.1 Å². The van der Waals surface area contributed by atoms with Gasteiger partial charge in [0.1, 0.15) is 5.75 Å². The zero-order chi connectivity index (χ0) is 10.6. The Labute approximate surface area is 78.1 Å². The van der Waals surface area contributed by atoms with Crippen LogP contribution in [0.5, 0.6) is 5.75 Å². The van der Waals surface area contributed by atoms with Crippen molar-refractivity contribution >= 4 is 5.97 Å². The first-order valence-corrected chi connectivity index (χ1v) is 3.54. The number of ether oxygens (including phenoxy) is 1. The Morgan fingerprint density at radius 3 is 2.86 bits per heavy atom. The molecule has 1 N–H and O–H groups in total. The number of carbonyl (C=O) groups is 1. The molecule has 0 aromatic carbocycles. The third kappa shape index (κ3) is 2.41. The first kappa shape index (κ1) is 9.90. The van der Waals surface area contributed by atoms with Gasteiger partial charge in [-0.15, -0.1) is 0 Å². The van der Waals surface area contributed by atoms with E-state index >= 15 is 0 Å². The molecule has 7 nitrogen and oxygen atoms in total. The molecular weight excluding hydrogens is 192 g/mol. The molecule has 0 fully saturated rings. The molecule has 0 saturated heterocycles. The number of hydrogen-bond donors (Lipinski definition) is 1. The molecule has 0 aliphatic rings. The van der Waals surface area contributed by atoms with Crippen molar-refractivity contribution in [2.45, 2.75) is 6.23 Å². The summed E-state index contributed by atoms with van der Waals surface area (Å²) in [5, 5.41) is 18.6. The van der Waals surface area contributed by atoms with Gasteiger partial charge in [0.25, 0.3) is 0 Å². The van der Waals surface area contributed by atoms with Crippen molar-refractivity contribution < 1.29 is 19.6 Å². The summed E-state index contributed by atoms with van der Waals surface area (Å²) in [6.07, 6.45) is 0.535. The Morgan fingerprint density at radius 2 is 2.43 bits per heavy atom. The molecule has 1 rings (SSSR count). The van der Waals surface area contributed by atoms with Crippen molar-refractivity contribution in [1.82, 2.24) is 4.98 Å². The topological polar surface area (TPSA) is 103 Å². The molecular formula is C7H6N2O5. The lowest BCUT2D eigenvalue weighted by Crippen LogP contribution is -2.34. The highest BCUT2D eigenvalue weighted by Crippen LogP contribution is 2.09. The van der Waals surface area contributed by atoms with E-state index in [9.17, 15) is 14.9 Å². The molecule has 0 aliphatic carbocycles. The van der Waals surface area contributed by atoms with Gasteiger partial charge in [0.05, 0.1) is 11.1 Å². The van der Waals surface area contributed by atoms with E-state index in [1.807, 2.05) is 0 Å². The molecule has 1 aromatic heterocycles. The smallest absolute Gasteiger partial charge is 0.451 e. The maximum Gasteiger partial charge on any atom is 0.451 e. The fraction of sp³-hybridized carbons (Fsp3) is 0.143. The average Bonchev–Trinajstić information content (AvgIpc) is 2.15. The second kappa shape index (κ2) is 4.17. The molecule has 0 aliphatic heterocycles. The van der Waals surface area contributed by atoms with Gasteiger partial charge in [0.2, 0.25) is 0 Å². The van der Waals surface area contributed by atoms with Crippen LogP contribution < -0.4 is 4.74 Å². The fourth-order valence-electron chi connectivity index (χ4n) is 0.729. The van der Waals surface area contributed by atoms with Crippen molar-refractivity contribution in [3.8, 4) is 5.75 Å². The lowest BCUT2D eigenvalue weighted by molar-refractivity contribution is -0.548. The number of rotatable bonds is 4. The van der Waals surface area contributed by atoms with Crippen molar-refractivity contribution in [1.29, 1.82) is 0 Å². The lowest BCUT2D eigenvalue weighted by Gasteiger charge is -2.06. The van der Waals surface area contributed by atoms with Crippen LogP contribution in [-0.2, 0) is 4.79 Å². The zero-order valence-electron chi connectivity index (χ0n) is 6.86. The van der Waals surface area contributed by atoms with E-state index < -0.39 is 17.1 Å². The maximum atomic E-state index is 10.4. The third-order valence-electron chi connectivity index (χ3n) is 1.28. The van der Waals surface area contributed by atoms with E-state index in [4.69, 9.17) is 5.11 Å². The van der Waals surface area contributed by atoms with Gasteiger partial charge in [-0.05, 0) is 12.1 Å². The molecule has 1 unspecified atom stereocenters. The highest BCUT2D eigenvalue weighted by molar-refractivity contribution is 5.70. The maximum absolute atomic E-state index is 10.4. The Morgan fingerprint density at radius 1 is 1.71 bits per heavy atom. The number of carboxylic acids is 1. The van der Waals surface area contributed by atoms with Gasteiger partial charge in [-0.25, -0.2) is 4.79 Å². The van der Waals surface area contributed by atoms with Crippen molar-refractivity contribution in [3.05, 3.63) is 34.6 Å². The number of hydrogen-bond acceptors (Lipinski definition) is 5. The summed E-state index contributed by atoms with van der Waals surface area (Å²) in [5.41, 5.74) is 0. The molecule has 1 heterocycles. The number of nitro groups is 1. The van der Waals surface area contributed by atoms with E-state index in [0.717, 1.165) is 0 Å². The van der Waals surface area contributed by atoms with E-state index in [0.29, 0.717) is 0 Å². The largest absolute Gasteiger partial charge is 0.473 e. The van der Waals surface area contributed by atoms with Crippen molar-refractivity contribution in [2.75, 3.05) is 0 Å². The summed E-state index contributed by atoms with van der Waals surface area (Å²) >= 11 is 0. The lowest BCUT2D eigenvalue weighted by atomic mass is 10.4. The van der Waals surface area contributed by atoms with Crippen LogP contribution in [0.4, 0.5) is 0 Å². The summed E-state index contributed by atoms with van der Waals surface area (Å²) in [6, 6.07) is 2.86. The molecule has 74 valence electrons. The van der Waals surface area contributed by atoms with Gasteiger partial charge >= 0.3 is 12.2 Å². The molecule has 0 bridgehead atoms. The summed E-state index contributed by atoms with van der Waals surface area (Å²) in [7, 11) is 0. The molecule has 1 aromatic rings. The zero-order valence-corrected chi connectivity index (χ0v) is 6.86. The Hall–Kier alpha value is -2.18. The minimum atomic E-state index is -2.10. The van der Waals surface area contributed by atoms with E-state index in [-0.39, 0.29) is 5.75 Å². The van der Waals surface area contributed by atoms with Gasteiger partial charge < -0.3 is 9.84 Å². The second-order valence-electron chi connectivity index (χ2n) is 2.28. The van der Waals surface area contributed by atoms with Crippen LogP contribution in [0.2, 0.25) is 0 Å². The monoisotopic (exact) mass is 198 g/mol. The SMILES string of the molecule is O=C(O)C(Oc1cccnc1)[N+](=O)[O-]. The number of aromatic nitrogens is 1. The molecule has 0 spiro atoms. The van der Waals surface area contributed by atoms with E-state index in [1.54, 1.807) is 0 Å². The molecule has 7 heteroatoms. The normalized spacial score (nSPS) is 11.7. The predicted molar refractivity (Wildman–Crippen MR) is 43.3 cm³/mol. The Balaban J connectivity index is 2.75. The Bertz CT molecular complexity index is 325. The highest BCUT2D eigenvalue weighted by Gasteiger charge is 2.31. The average molecular weight is 198 g/mol. The van der Waals surface area contributed by atoms with Crippen LogP contribution in [0.15, 0.2) is 24.5 Å². The summed E-state index contributed by atoms with van der Waals surface area (Å²) in [5.74, 6) is -1.62. The van der Waals surface area contributed by atoms with Crippen LogP contribution in [-0.4, -0.2) is 27.2 Å². The third-order valence-corrected chi connectivity index (χ3v) is 1.28. The number of pyridine rings is 1.